The molecule has 0 atom stereocenters. The van der Waals surface area contributed by atoms with Crippen molar-refractivity contribution < 1.29 is 36.2 Å². The molecule has 0 saturated carbocycles. The second kappa shape index (κ2) is 9.46. The van der Waals surface area contributed by atoms with Crippen LogP contribution in [0.4, 0.5) is 18.0 Å². The predicted octanol–water partition coefficient (Wildman–Crippen LogP) is 4.76. The number of para-hydroxylation sites is 1. The maximum atomic E-state index is 13.8. The number of benzene rings is 2. The van der Waals surface area contributed by atoms with Crippen LogP contribution >= 0.6 is 0 Å². The Labute approximate surface area is 196 Å². The maximum absolute atomic E-state index is 13.8. The van der Waals surface area contributed by atoms with Gasteiger partial charge in [-0.2, -0.15) is 13.2 Å². The van der Waals surface area contributed by atoms with Gasteiger partial charge in [0.25, 0.3) is 0 Å². The second-order valence-corrected chi connectivity index (χ2v) is 10.8. The number of sulfonamides is 1. The smallest absolute Gasteiger partial charge is 0.417 e. The zero-order valence-electron chi connectivity index (χ0n) is 19.0. The van der Waals surface area contributed by atoms with Crippen molar-refractivity contribution in [1.82, 2.24) is 9.62 Å². The van der Waals surface area contributed by atoms with Crippen LogP contribution in [0.25, 0.3) is 11.1 Å². The molecule has 1 heterocycles. The molecule has 7 nitrogen and oxygen atoms in total. The lowest BCUT2D eigenvalue weighted by Crippen LogP contribution is -2.47. The summed E-state index contributed by atoms with van der Waals surface area (Å²) < 4.78 is 74.9. The third-order valence-electron chi connectivity index (χ3n) is 5.26. The number of nitrogens with zero attached hydrogens (tertiary/aromatic N) is 1. The van der Waals surface area contributed by atoms with E-state index in [1.807, 2.05) is 0 Å². The summed E-state index contributed by atoms with van der Waals surface area (Å²) in [7, 11) is -4.52. The molecule has 0 radical (unpaired) electrons. The molecule has 2 N–H and O–H groups in total. The summed E-state index contributed by atoms with van der Waals surface area (Å²) in [6.07, 6.45) is -5.00. The summed E-state index contributed by atoms with van der Waals surface area (Å²) in [5, 5.41) is 9.98. The van der Waals surface area contributed by atoms with Crippen molar-refractivity contribution in [2.45, 2.75) is 56.3 Å². The molecule has 11 heteroatoms. The molecule has 0 aliphatic carbocycles. The third kappa shape index (κ3) is 6.20. The molecule has 0 unspecified atom stereocenters. The van der Waals surface area contributed by atoms with E-state index < -0.39 is 44.4 Å². The van der Waals surface area contributed by atoms with Gasteiger partial charge in [0.15, 0.2) is 0 Å². The van der Waals surface area contributed by atoms with Crippen LogP contribution < -0.4 is 4.72 Å². The molecule has 34 heavy (non-hydrogen) atoms. The van der Waals surface area contributed by atoms with Crippen molar-refractivity contribution in [3.8, 4) is 16.9 Å². The van der Waals surface area contributed by atoms with Gasteiger partial charge in [0.2, 0.25) is 10.0 Å². The largest absolute Gasteiger partial charge is 0.507 e. The lowest BCUT2D eigenvalue weighted by atomic mass is 10.0. The van der Waals surface area contributed by atoms with Gasteiger partial charge < -0.3 is 14.7 Å². The molecule has 1 saturated heterocycles. The van der Waals surface area contributed by atoms with Gasteiger partial charge in [-0.3, -0.25) is 0 Å². The van der Waals surface area contributed by atoms with E-state index >= 15 is 0 Å². The number of aromatic hydroxyl groups is 1. The fraction of sp³-hybridized carbons (Fsp3) is 0.435. The zero-order valence-corrected chi connectivity index (χ0v) is 19.8. The highest BCUT2D eigenvalue weighted by Gasteiger charge is 2.39. The van der Waals surface area contributed by atoms with Crippen LogP contribution in [0, 0.1) is 0 Å². The van der Waals surface area contributed by atoms with E-state index in [4.69, 9.17) is 4.74 Å². The summed E-state index contributed by atoms with van der Waals surface area (Å²) in [6, 6.07) is 8.05. The van der Waals surface area contributed by atoms with E-state index in [0.717, 1.165) is 6.07 Å². The number of halogens is 3. The molecule has 0 spiro atoms. The van der Waals surface area contributed by atoms with Gasteiger partial charge in [-0.15, -0.1) is 0 Å². The molecule has 0 bridgehead atoms. The number of hydrogen-bond acceptors (Lipinski definition) is 5. The van der Waals surface area contributed by atoms with Crippen molar-refractivity contribution in [1.29, 1.82) is 0 Å². The number of carbonyl (C=O) groups is 1. The van der Waals surface area contributed by atoms with Gasteiger partial charge in [-0.05, 0) is 57.4 Å². The van der Waals surface area contributed by atoms with Gasteiger partial charge in [0, 0.05) is 24.7 Å². The molecule has 186 valence electrons. The molecule has 1 amide bonds. The molecule has 1 aliphatic rings. The Kier molecular flexibility index (Phi) is 7.18. The minimum Gasteiger partial charge on any atom is -0.507 e. The van der Waals surface area contributed by atoms with E-state index in [1.165, 1.54) is 29.2 Å². The van der Waals surface area contributed by atoms with Crippen LogP contribution in [0.2, 0.25) is 0 Å². The Morgan fingerprint density at radius 3 is 2.26 bits per heavy atom. The van der Waals surface area contributed by atoms with Crippen molar-refractivity contribution in [2.75, 3.05) is 13.1 Å². The molecule has 2 aromatic rings. The first-order chi connectivity index (χ1) is 15.7. The van der Waals surface area contributed by atoms with Gasteiger partial charge in [-0.1, -0.05) is 24.3 Å². The minimum absolute atomic E-state index is 0.0371. The number of amides is 1. The average Bonchev–Trinajstić information content (AvgIpc) is 2.72. The van der Waals surface area contributed by atoms with Crippen molar-refractivity contribution in [3.63, 3.8) is 0 Å². The minimum atomic E-state index is -4.94. The maximum Gasteiger partial charge on any atom is 0.417 e. The standard InChI is InChI=1S/C23H27F3N2O5S/c1-22(2,3)33-21(30)28-12-10-16(11-13-28)27-34(31,32)20-9-8-15(14-18(20)23(24,25)26)17-6-4-5-7-19(17)29/h4-9,14,16,27,29H,10-13H2,1-3H3. The molecule has 1 aliphatic heterocycles. The van der Waals surface area contributed by atoms with Crippen LogP contribution in [0.5, 0.6) is 5.75 Å². The van der Waals surface area contributed by atoms with Crippen LogP contribution in [0.15, 0.2) is 47.4 Å². The highest BCUT2D eigenvalue weighted by atomic mass is 32.2. The number of rotatable bonds is 4. The van der Waals surface area contributed by atoms with Gasteiger partial charge >= 0.3 is 12.3 Å². The normalized spacial score (nSPS) is 15.9. The van der Waals surface area contributed by atoms with E-state index in [0.29, 0.717) is 6.07 Å². The van der Waals surface area contributed by atoms with Gasteiger partial charge in [0.1, 0.15) is 11.4 Å². The molecule has 1 fully saturated rings. The van der Waals surface area contributed by atoms with Crippen LogP contribution in [-0.2, 0) is 20.9 Å². The first kappa shape index (κ1) is 25.8. The number of hydrogen-bond donors (Lipinski definition) is 2. The van der Waals surface area contributed by atoms with Crippen LogP contribution in [0.1, 0.15) is 39.2 Å². The van der Waals surface area contributed by atoms with Crippen molar-refractivity contribution in [2.24, 2.45) is 0 Å². The third-order valence-corrected chi connectivity index (χ3v) is 6.84. The fourth-order valence-electron chi connectivity index (χ4n) is 3.66. The number of carbonyl (C=O) groups excluding carboxylic acids is 1. The Hall–Kier alpha value is -2.79. The quantitative estimate of drug-likeness (QED) is 0.631. The van der Waals surface area contributed by atoms with E-state index in [-0.39, 0.29) is 42.8 Å². The van der Waals surface area contributed by atoms with Crippen molar-refractivity contribution in [3.05, 3.63) is 48.0 Å². The first-order valence-electron chi connectivity index (χ1n) is 10.7. The molecule has 3 rings (SSSR count). The number of phenolic OH excluding ortho intramolecular Hbond substituents is 1. The number of likely N-dealkylation sites (tertiary alicyclic amines) is 1. The number of phenols is 1. The van der Waals surface area contributed by atoms with E-state index in [9.17, 15) is 31.5 Å². The summed E-state index contributed by atoms with van der Waals surface area (Å²) in [6.45, 7) is 5.61. The number of piperidine rings is 1. The highest BCUT2D eigenvalue weighted by molar-refractivity contribution is 7.89. The summed E-state index contributed by atoms with van der Waals surface area (Å²) in [5.74, 6) is -0.221. The molecule has 0 aromatic heterocycles. The van der Waals surface area contributed by atoms with E-state index in [2.05, 4.69) is 4.72 Å². The van der Waals surface area contributed by atoms with E-state index in [1.54, 1.807) is 26.8 Å². The number of ether oxygens (including phenoxy) is 1. The van der Waals surface area contributed by atoms with Crippen molar-refractivity contribution >= 4 is 16.1 Å². The Bertz CT molecular complexity index is 1150. The van der Waals surface area contributed by atoms with Crippen LogP contribution in [0.3, 0.4) is 0 Å². The fourth-order valence-corrected chi connectivity index (χ4v) is 5.17. The zero-order chi connectivity index (χ0) is 25.3. The predicted molar refractivity (Wildman–Crippen MR) is 120 cm³/mol. The second-order valence-electron chi connectivity index (χ2n) is 9.09. The summed E-state index contributed by atoms with van der Waals surface area (Å²) >= 11 is 0. The Morgan fingerprint density at radius 2 is 1.71 bits per heavy atom. The lowest BCUT2D eigenvalue weighted by molar-refractivity contribution is -0.139. The highest BCUT2D eigenvalue weighted by Crippen LogP contribution is 2.38. The topological polar surface area (TPSA) is 95.9 Å². The Balaban J connectivity index is 1.80. The monoisotopic (exact) mass is 500 g/mol. The van der Waals surface area contributed by atoms with Crippen LogP contribution in [-0.4, -0.2) is 49.2 Å². The average molecular weight is 501 g/mol. The molecule has 2 aromatic carbocycles. The Morgan fingerprint density at radius 1 is 1.09 bits per heavy atom. The SMILES string of the molecule is CC(C)(C)OC(=O)N1CCC(NS(=O)(=O)c2ccc(-c3ccccc3O)cc2C(F)(F)F)CC1. The number of nitrogens with one attached hydrogen (secondary N) is 1. The van der Waals surface area contributed by atoms with Gasteiger partial charge in [-0.25, -0.2) is 17.9 Å². The molecular weight excluding hydrogens is 473 g/mol. The molecular formula is C23H27F3N2O5S. The summed E-state index contributed by atoms with van der Waals surface area (Å²) in [4.78, 5) is 12.7. The number of alkyl halides is 3. The lowest BCUT2D eigenvalue weighted by Gasteiger charge is -2.33. The first-order valence-corrected chi connectivity index (χ1v) is 12.2. The van der Waals surface area contributed by atoms with Gasteiger partial charge in [0.05, 0.1) is 10.5 Å². The summed E-state index contributed by atoms with van der Waals surface area (Å²) in [5.41, 5.74) is -1.81.